The van der Waals surface area contributed by atoms with Crippen molar-refractivity contribution in [1.29, 1.82) is 0 Å². The van der Waals surface area contributed by atoms with Gasteiger partial charge in [-0.1, -0.05) is 102 Å². The summed E-state index contributed by atoms with van der Waals surface area (Å²) in [6.45, 7) is 6.02. The minimum atomic E-state index is 0.663. The highest BCUT2D eigenvalue weighted by molar-refractivity contribution is 14.1. The number of rotatable bonds is 16. The van der Waals surface area contributed by atoms with Crippen LogP contribution in [0.5, 0.6) is 0 Å². The summed E-state index contributed by atoms with van der Waals surface area (Å²) in [5.41, 5.74) is 5.83. The number of hydrogen-bond acceptors (Lipinski definition) is 1. The van der Waals surface area contributed by atoms with E-state index in [0.29, 0.717) is 25.0 Å². The average molecular weight is 807 g/mol. The highest BCUT2D eigenvalue weighted by Gasteiger charge is 2.25. The lowest BCUT2D eigenvalue weighted by atomic mass is 9.75. The lowest BCUT2D eigenvalue weighted by Gasteiger charge is -2.31. The van der Waals surface area contributed by atoms with Crippen LogP contribution in [0.3, 0.4) is 0 Å². The van der Waals surface area contributed by atoms with Crippen LogP contribution in [-0.2, 0) is 4.74 Å². The second kappa shape index (κ2) is 19.8. The van der Waals surface area contributed by atoms with Gasteiger partial charge in [0.25, 0.3) is 0 Å². The van der Waals surface area contributed by atoms with Crippen LogP contribution in [0, 0.1) is 30.8 Å². The largest absolute Gasteiger partial charge is 0.373 e. The van der Waals surface area contributed by atoms with Crippen molar-refractivity contribution >= 4 is 56.3 Å². The summed E-state index contributed by atoms with van der Waals surface area (Å²) in [7, 11) is 0. The molecule has 0 saturated heterocycles. The number of benzene rings is 2. The summed E-state index contributed by atoms with van der Waals surface area (Å²) < 4.78 is 8.99. The summed E-state index contributed by atoms with van der Waals surface area (Å²) in [5.74, 6) is 3.20. The molecule has 0 aliphatic heterocycles. The van der Waals surface area contributed by atoms with Gasteiger partial charge in [0.2, 0.25) is 0 Å². The van der Waals surface area contributed by atoms with Crippen molar-refractivity contribution in [2.24, 2.45) is 23.7 Å². The van der Waals surface area contributed by atoms with Crippen molar-refractivity contribution < 1.29 is 4.74 Å². The van der Waals surface area contributed by atoms with Crippen molar-refractivity contribution in [3.63, 3.8) is 0 Å². The van der Waals surface area contributed by atoms with E-state index in [-0.39, 0.29) is 0 Å². The maximum absolute atomic E-state index is 6.38. The van der Waals surface area contributed by atoms with Crippen LogP contribution in [0.15, 0.2) is 60.7 Å². The van der Waals surface area contributed by atoms with E-state index in [1.807, 2.05) is 0 Å². The molecule has 2 aliphatic rings. The van der Waals surface area contributed by atoms with Gasteiger partial charge in [-0.25, -0.2) is 0 Å². The van der Waals surface area contributed by atoms with Crippen LogP contribution in [0.1, 0.15) is 128 Å². The number of allylic oxidation sites excluding steroid dienone is 2. The van der Waals surface area contributed by atoms with Gasteiger partial charge in [-0.15, -0.1) is 0 Å². The lowest BCUT2D eigenvalue weighted by Crippen LogP contribution is -2.17. The van der Waals surface area contributed by atoms with E-state index in [4.69, 9.17) is 4.74 Å². The van der Waals surface area contributed by atoms with Crippen LogP contribution in [-0.4, -0.2) is 13.2 Å². The third-order valence-corrected chi connectivity index (χ3v) is 11.6. The first-order valence-electron chi connectivity index (χ1n) is 17.6. The summed E-state index contributed by atoms with van der Waals surface area (Å²) in [6, 6.07) is 18.3. The van der Waals surface area contributed by atoms with E-state index >= 15 is 0 Å². The number of unbranched alkanes of at least 4 members (excludes halogenated alkanes) is 4. The molecule has 236 valence electrons. The summed E-state index contributed by atoms with van der Waals surface area (Å²) in [6.07, 6.45) is 26.8. The topological polar surface area (TPSA) is 9.23 Å². The van der Waals surface area contributed by atoms with Crippen LogP contribution < -0.4 is 0 Å². The molecule has 0 radical (unpaired) electrons. The van der Waals surface area contributed by atoms with E-state index in [1.165, 1.54) is 132 Å². The molecular formula is C40H56I2O. The Labute approximate surface area is 291 Å². The fourth-order valence-corrected chi connectivity index (χ4v) is 8.30. The minimum Gasteiger partial charge on any atom is -0.373 e. The minimum absolute atomic E-state index is 0.663. The number of halogens is 2. The Morgan fingerprint density at radius 1 is 0.581 bits per heavy atom. The highest BCUT2D eigenvalue weighted by Crippen LogP contribution is 2.41. The normalized spacial score (nSPS) is 23.4. The molecule has 0 aromatic heterocycles. The average Bonchev–Trinajstić information content (AvgIpc) is 3.03. The molecule has 0 N–H and O–H groups in total. The summed E-state index contributed by atoms with van der Waals surface area (Å²) >= 11 is 4.84. The molecule has 2 fully saturated rings. The second-order valence-corrected chi connectivity index (χ2v) is 15.8. The number of hydrogen-bond donors (Lipinski definition) is 0. The smallest absolute Gasteiger partial charge is 0.0657 e. The highest BCUT2D eigenvalue weighted by atomic mass is 127. The predicted octanol–water partition coefficient (Wildman–Crippen LogP) is 13.2. The fraction of sp³-hybridized carbons (Fsp3) is 0.600. The fourth-order valence-electron chi connectivity index (χ4n) is 7.58. The Balaban J connectivity index is 1.38. The quantitative estimate of drug-likeness (QED) is 0.121. The molecule has 1 nitrogen and oxygen atoms in total. The predicted molar refractivity (Wildman–Crippen MR) is 204 cm³/mol. The van der Waals surface area contributed by atoms with Crippen LogP contribution in [0.25, 0.3) is 11.1 Å². The molecule has 0 amide bonds. The third kappa shape index (κ3) is 11.9. The zero-order valence-electron chi connectivity index (χ0n) is 27.0. The third-order valence-electron chi connectivity index (χ3n) is 10.2. The molecule has 0 bridgehead atoms. The van der Waals surface area contributed by atoms with Crippen molar-refractivity contribution in [2.75, 3.05) is 13.2 Å². The van der Waals surface area contributed by atoms with E-state index < -0.39 is 0 Å². The van der Waals surface area contributed by atoms with Crippen LogP contribution >= 0.6 is 45.2 Å². The summed E-state index contributed by atoms with van der Waals surface area (Å²) in [4.78, 5) is 0. The van der Waals surface area contributed by atoms with Gasteiger partial charge in [0.05, 0.1) is 13.2 Å². The van der Waals surface area contributed by atoms with Crippen LogP contribution in [0.4, 0.5) is 0 Å². The number of ether oxygens (including phenoxy) is 1. The molecule has 43 heavy (non-hydrogen) atoms. The van der Waals surface area contributed by atoms with E-state index in [1.54, 1.807) is 0 Å². The standard InChI is InChI=1S/C40H56I2O/c1-3-5-7-9-31-11-15-33(16-12-31)39(35-19-23-37(41)24-20-35)27-29-43-30-28-40(36-21-25-38(42)26-22-36)34-17-13-32(14-18-34)10-8-6-4-2/h19-28,31-34H,3-18,29-30H2,1-2H3. The molecule has 2 saturated carbocycles. The molecular weight excluding hydrogens is 750 g/mol. The van der Waals surface area contributed by atoms with Crippen molar-refractivity contribution in [1.82, 2.24) is 0 Å². The molecule has 2 aliphatic carbocycles. The molecule has 2 aromatic rings. The monoisotopic (exact) mass is 806 g/mol. The first-order chi connectivity index (χ1) is 21.1. The molecule has 4 rings (SSSR count). The molecule has 0 unspecified atom stereocenters. The van der Waals surface area contributed by atoms with Gasteiger partial charge in [0.15, 0.2) is 0 Å². The van der Waals surface area contributed by atoms with E-state index in [0.717, 1.165) is 11.8 Å². The first-order valence-corrected chi connectivity index (χ1v) is 19.7. The van der Waals surface area contributed by atoms with Gasteiger partial charge in [0.1, 0.15) is 0 Å². The Morgan fingerprint density at radius 2 is 0.953 bits per heavy atom. The van der Waals surface area contributed by atoms with Crippen LogP contribution in [0.2, 0.25) is 0 Å². The molecule has 0 heterocycles. The lowest BCUT2D eigenvalue weighted by molar-refractivity contribution is 0.193. The second-order valence-electron chi connectivity index (χ2n) is 13.3. The molecule has 3 heteroatoms. The Bertz CT molecular complexity index is 1010. The Morgan fingerprint density at radius 3 is 1.30 bits per heavy atom. The maximum atomic E-state index is 6.38. The Hall–Kier alpha value is -0.660. The summed E-state index contributed by atoms with van der Waals surface area (Å²) in [5, 5.41) is 0. The van der Waals surface area contributed by atoms with Gasteiger partial charge in [-0.3, -0.25) is 0 Å². The maximum Gasteiger partial charge on any atom is 0.0657 e. The van der Waals surface area contributed by atoms with Gasteiger partial charge in [-0.05, 0) is 167 Å². The zero-order chi connectivity index (χ0) is 30.3. The van der Waals surface area contributed by atoms with E-state index in [9.17, 15) is 0 Å². The van der Waals surface area contributed by atoms with Gasteiger partial charge in [0, 0.05) is 7.14 Å². The van der Waals surface area contributed by atoms with Crippen molar-refractivity contribution in [2.45, 2.75) is 117 Å². The first kappa shape index (κ1) is 35.2. The van der Waals surface area contributed by atoms with Crippen molar-refractivity contribution in [3.8, 4) is 0 Å². The van der Waals surface area contributed by atoms with Gasteiger partial charge in [-0.2, -0.15) is 0 Å². The van der Waals surface area contributed by atoms with Gasteiger partial charge < -0.3 is 4.74 Å². The molecule has 2 aromatic carbocycles. The van der Waals surface area contributed by atoms with E-state index in [2.05, 4.69) is 120 Å². The Kier molecular flexibility index (Phi) is 16.2. The van der Waals surface area contributed by atoms with Crippen molar-refractivity contribution in [3.05, 3.63) is 79.0 Å². The molecule has 0 atom stereocenters. The zero-order valence-corrected chi connectivity index (χ0v) is 31.3. The molecule has 0 spiro atoms. The van der Waals surface area contributed by atoms with Gasteiger partial charge >= 0.3 is 0 Å². The SMILES string of the molecule is CCCCCC1CCC(C(=CCOCC=C(c2ccc(I)cc2)C2CCC(CCCCC)CC2)c2ccc(I)cc2)CC1.